The van der Waals surface area contributed by atoms with Crippen LogP contribution in [0.4, 0.5) is 0 Å². The summed E-state index contributed by atoms with van der Waals surface area (Å²) in [5.74, 6) is 1.44. The average molecular weight is 380 g/mol. The topological polar surface area (TPSA) is 67.4 Å². The summed E-state index contributed by atoms with van der Waals surface area (Å²) in [7, 11) is 0. The van der Waals surface area contributed by atoms with Gasteiger partial charge in [0.15, 0.2) is 0 Å². The maximum absolute atomic E-state index is 9.38. The highest BCUT2D eigenvalue weighted by atomic mass is 35.5. The molecule has 3 heterocycles. The van der Waals surface area contributed by atoms with Crippen LogP contribution in [0.15, 0.2) is 30.9 Å². The molecule has 5 nitrogen and oxygen atoms in total. The third kappa shape index (κ3) is 3.42. The molecule has 3 aromatic heterocycles. The minimum atomic E-state index is 0.322. The number of halogens is 1. The maximum Gasteiger partial charge on any atom is 0.143 e. The van der Waals surface area contributed by atoms with Gasteiger partial charge in [0.05, 0.1) is 28.1 Å². The van der Waals surface area contributed by atoms with Crippen molar-refractivity contribution in [2.45, 2.75) is 45.6 Å². The molecule has 1 fully saturated rings. The summed E-state index contributed by atoms with van der Waals surface area (Å²) in [5.41, 5.74) is 3.60. The number of imidazole rings is 1. The second kappa shape index (κ2) is 7.28. The van der Waals surface area contributed by atoms with E-state index in [-0.39, 0.29) is 0 Å². The van der Waals surface area contributed by atoms with Gasteiger partial charge in [0.25, 0.3) is 0 Å². The van der Waals surface area contributed by atoms with Gasteiger partial charge in [-0.25, -0.2) is 9.97 Å². The molecule has 1 aliphatic carbocycles. The van der Waals surface area contributed by atoms with Crippen molar-refractivity contribution in [2.75, 3.05) is 0 Å². The average Bonchev–Trinajstić information content (AvgIpc) is 3.11. The molecule has 0 unspecified atom stereocenters. The lowest BCUT2D eigenvalue weighted by Crippen LogP contribution is -2.21. The van der Waals surface area contributed by atoms with Crippen molar-refractivity contribution in [3.63, 3.8) is 0 Å². The van der Waals surface area contributed by atoms with Crippen LogP contribution >= 0.6 is 11.6 Å². The summed E-state index contributed by atoms with van der Waals surface area (Å²) < 4.78 is 2.22. The predicted octanol–water partition coefficient (Wildman–Crippen LogP) is 5.41. The van der Waals surface area contributed by atoms with Crippen molar-refractivity contribution < 1.29 is 0 Å². The van der Waals surface area contributed by atoms with Gasteiger partial charge in [0.2, 0.25) is 0 Å². The number of rotatable bonds is 3. The van der Waals surface area contributed by atoms with E-state index in [1.807, 2.05) is 12.4 Å². The Morgan fingerprint density at radius 2 is 2.00 bits per heavy atom. The van der Waals surface area contributed by atoms with Crippen LogP contribution in [0, 0.1) is 23.2 Å². The molecule has 3 aromatic rings. The van der Waals surface area contributed by atoms with E-state index >= 15 is 0 Å². The zero-order chi connectivity index (χ0) is 19.0. The molecular weight excluding hydrogens is 358 g/mol. The van der Waals surface area contributed by atoms with Gasteiger partial charge in [0.1, 0.15) is 11.8 Å². The molecule has 4 rings (SSSR count). The van der Waals surface area contributed by atoms with Crippen LogP contribution in [0.5, 0.6) is 0 Å². The summed E-state index contributed by atoms with van der Waals surface area (Å²) in [5, 5.41) is 9.93. The van der Waals surface area contributed by atoms with E-state index in [1.165, 1.54) is 25.7 Å². The molecule has 1 atom stereocenters. The molecule has 0 radical (unpaired) electrons. The third-order valence-electron chi connectivity index (χ3n) is 5.83. The Morgan fingerprint density at radius 1 is 1.22 bits per heavy atom. The molecule has 138 valence electrons. The second-order valence-electron chi connectivity index (χ2n) is 7.64. The lowest BCUT2D eigenvalue weighted by molar-refractivity contribution is 0.227. The minimum absolute atomic E-state index is 0.322. The molecule has 0 aliphatic heterocycles. The Kier molecular flexibility index (Phi) is 4.84. The van der Waals surface area contributed by atoms with E-state index in [0.29, 0.717) is 28.4 Å². The molecule has 1 aliphatic rings. The molecule has 0 saturated heterocycles. The monoisotopic (exact) mass is 379 g/mol. The van der Waals surface area contributed by atoms with Crippen molar-refractivity contribution in [1.82, 2.24) is 19.5 Å². The SMILES string of the molecule is CC1CCC([C@@H](C)n2cnc3cc(C#N)nc(-c4cncc(Cl)c4)c32)CC1. The van der Waals surface area contributed by atoms with Crippen molar-refractivity contribution in [3.05, 3.63) is 41.6 Å². The Bertz CT molecular complexity index is 1010. The fourth-order valence-corrected chi connectivity index (χ4v) is 4.34. The van der Waals surface area contributed by atoms with E-state index in [9.17, 15) is 5.26 Å². The number of aromatic nitrogens is 4. The number of hydrogen-bond donors (Lipinski definition) is 0. The molecule has 27 heavy (non-hydrogen) atoms. The number of pyridine rings is 2. The number of nitrogens with zero attached hydrogens (tertiary/aromatic N) is 5. The first kappa shape index (κ1) is 17.9. The number of nitriles is 1. The summed E-state index contributed by atoms with van der Waals surface area (Å²) in [6.07, 6.45) is 10.3. The van der Waals surface area contributed by atoms with Gasteiger partial charge in [-0.15, -0.1) is 0 Å². The van der Waals surface area contributed by atoms with E-state index < -0.39 is 0 Å². The van der Waals surface area contributed by atoms with Crippen LogP contribution in [0.3, 0.4) is 0 Å². The normalized spacial score (nSPS) is 21.1. The Morgan fingerprint density at radius 3 is 2.70 bits per heavy atom. The quantitative estimate of drug-likeness (QED) is 0.610. The summed E-state index contributed by atoms with van der Waals surface area (Å²) in [4.78, 5) is 13.4. The van der Waals surface area contributed by atoms with Gasteiger partial charge in [-0.3, -0.25) is 4.98 Å². The van der Waals surface area contributed by atoms with Crippen LogP contribution < -0.4 is 0 Å². The number of fused-ring (bicyclic) bond motifs is 1. The van der Waals surface area contributed by atoms with Crippen LogP contribution in [-0.2, 0) is 0 Å². The summed E-state index contributed by atoms with van der Waals surface area (Å²) >= 11 is 6.15. The molecule has 6 heteroatoms. The molecule has 0 N–H and O–H groups in total. The van der Waals surface area contributed by atoms with Crippen molar-refractivity contribution in [1.29, 1.82) is 5.26 Å². The van der Waals surface area contributed by atoms with Crippen LogP contribution in [0.25, 0.3) is 22.3 Å². The second-order valence-corrected chi connectivity index (χ2v) is 8.08. The van der Waals surface area contributed by atoms with Crippen LogP contribution in [0.2, 0.25) is 5.02 Å². The lowest BCUT2D eigenvalue weighted by Gasteiger charge is -2.31. The zero-order valence-electron chi connectivity index (χ0n) is 15.6. The van der Waals surface area contributed by atoms with E-state index in [4.69, 9.17) is 11.6 Å². The first-order valence-electron chi connectivity index (χ1n) is 9.45. The van der Waals surface area contributed by atoms with Crippen LogP contribution in [0.1, 0.15) is 51.3 Å². The standard InChI is InChI=1S/C21H22ClN5/c1-13-3-5-15(6-4-13)14(2)27-12-25-19-8-18(9-23)26-20(21(19)27)16-7-17(22)11-24-10-16/h7-8,10-15H,3-6H2,1-2H3/t13?,14-,15?/m1/s1. The van der Waals surface area contributed by atoms with E-state index in [1.54, 1.807) is 18.5 Å². The molecule has 0 aromatic carbocycles. The minimum Gasteiger partial charge on any atom is -0.326 e. The molecule has 1 saturated carbocycles. The van der Waals surface area contributed by atoms with Gasteiger partial charge in [0, 0.05) is 30.1 Å². The van der Waals surface area contributed by atoms with E-state index in [0.717, 1.165) is 22.5 Å². The molecule has 0 spiro atoms. The van der Waals surface area contributed by atoms with Crippen LogP contribution in [-0.4, -0.2) is 19.5 Å². The van der Waals surface area contributed by atoms with E-state index in [2.05, 4.69) is 39.4 Å². The molecular formula is C21H22ClN5. The van der Waals surface area contributed by atoms with Crippen molar-refractivity contribution in [2.24, 2.45) is 11.8 Å². The Hall–Kier alpha value is -2.45. The summed E-state index contributed by atoms with van der Waals surface area (Å²) in [6.45, 7) is 4.60. The fraction of sp³-hybridized carbons (Fsp3) is 0.429. The van der Waals surface area contributed by atoms with Crippen molar-refractivity contribution >= 4 is 22.6 Å². The van der Waals surface area contributed by atoms with Gasteiger partial charge in [-0.05, 0) is 37.7 Å². The lowest BCUT2D eigenvalue weighted by atomic mass is 9.79. The predicted molar refractivity (Wildman–Crippen MR) is 106 cm³/mol. The number of hydrogen-bond acceptors (Lipinski definition) is 4. The van der Waals surface area contributed by atoms with Crippen molar-refractivity contribution in [3.8, 4) is 17.3 Å². The summed E-state index contributed by atoms with van der Waals surface area (Å²) in [6, 6.07) is 6.05. The zero-order valence-corrected chi connectivity index (χ0v) is 16.3. The Labute approximate surface area is 164 Å². The Balaban J connectivity index is 1.84. The van der Waals surface area contributed by atoms with Gasteiger partial charge < -0.3 is 4.57 Å². The first-order valence-corrected chi connectivity index (χ1v) is 9.83. The fourth-order valence-electron chi connectivity index (χ4n) is 4.16. The van der Waals surface area contributed by atoms with Gasteiger partial charge in [-0.2, -0.15) is 5.26 Å². The smallest absolute Gasteiger partial charge is 0.143 e. The molecule has 0 amide bonds. The maximum atomic E-state index is 9.38. The van der Waals surface area contributed by atoms with Gasteiger partial charge >= 0.3 is 0 Å². The largest absolute Gasteiger partial charge is 0.326 e. The first-order chi connectivity index (χ1) is 13.1. The third-order valence-corrected chi connectivity index (χ3v) is 6.03. The highest BCUT2D eigenvalue weighted by molar-refractivity contribution is 6.30. The van der Waals surface area contributed by atoms with Gasteiger partial charge in [-0.1, -0.05) is 31.4 Å². The highest BCUT2D eigenvalue weighted by Gasteiger charge is 2.26. The highest BCUT2D eigenvalue weighted by Crippen LogP contribution is 2.38. The molecule has 0 bridgehead atoms.